The van der Waals surface area contributed by atoms with E-state index in [1.54, 1.807) is 0 Å². The lowest BCUT2D eigenvalue weighted by atomic mass is 10.9. The minimum atomic E-state index is -2.36. The number of aromatic nitrogens is 4. The van der Waals surface area contributed by atoms with Crippen LogP contribution in [0.2, 0.25) is 0 Å². The molecule has 0 amide bonds. The lowest BCUT2D eigenvalue weighted by Gasteiger charge is -2.15. The molecule has 2 aromatic rings. The fourth-order valence-electron chi connectivity index (χ4n) is 1.71. The van der Waals surface area contributed by atoms with Crippen LogP contribution in [0.1, 0.15) is 13.8 Å². The molecule has 2 rings (SSSR count). The Morgan fingerprint density at radius 2 is 1.09 bits per heavy atom. The highest BCUT2D eigenvalue weighted by Gasteiger charge is 2.19. The monoisotopic (exact) mass is 632 g/mol. The Kier molecular flexibility index (Phi) is 15.2. The van der Waals surface area contributed by atoms with Crippen molar-refractivity contribution >= 4 is 80.4 Å². The molecule has 0 saturated carbocycles. The minimum Gasteiger partial charge on any atom is -0.469 e. The zero-order valence-corrected chi connectivity index (χ0v) is 25.9. The van der Waals surface area contributed by atoms with Gasteiger partial charge in [-0.1, -0.05) is 0 Å². The van der Waals surface area contributed by atoms with Crippen molar-refractivity contribution in [3.8, 4) is 10.4 Å². The maximum absolute atomic E-state index is 11.5. The Bertz CT molecular complexity index is 989. The first-order valence-corrected chi connectivity index (χ1v) is 19.3. The third-order valence-corrected chi connectivity index (χ3v) is 16.0. The Balaban J connectivity index is 0.000000340. The Morgan fingerprint density at radius 1 is 0.765 bits per heavy atom. The van der Waals surface area contributed by atoms with Gasteiger partial charge in [0.2, 0.25) is 11.4 Å². The van der Waals surface area contributed by atoms with E-state index in [4.69, 9.17) is 51.2 Å². The third kappa shape index (κ3) is 10.6. The van der Waals surface area contributed by atoms with Gasteiger partial charge in [0.25, 0.3) is 10.4 Å². The quantitative estimate of drug-likeness (QED) is 0.280. The third-order valence-electron chi connectivity index (χ3n) is 3.28. The van der Waals surface area contributed by atoms with Crippen molar-refractivity contribution in [1.29, 1.82) is 0 Å². The lowest BCUT2D eigenvalue weighted by molar-refractivity contribution is 0.330. The molecule has 0 aliphatic heterocycles. The predicted molar refractivity (Wildman–Crippen MR) is 147 cm³/mol. The average Bonchev–Trinajstić information content (AvgIpc) is 3.37. The van der Waals surface area contributed by atoms with Crippen LogP contribution in [0.5, 0.6) is 10.4 Å². The van der Waals surface area contributed by atoms with Crippen molar-refractivity contribution in [3.05, 3.63) is 19.3 Å². The second kappa shape index (κ2) is 16.1. The number of hydrogen-bond donors (Lipinski definition) is 0. The molecular formula is C14H26N4O8P2S6. The van der Waals surface area contributed by atoms with Gasteiger partial charge in [0.05, 0.1) is 13.2 Å². The summed E-state index contributed by atoms with van der Waals surface area (Å²) in [4.78, 5) is 22.7. The molecule has 0 atom stereocenters. The number of rotatable bonds is 14. The van der Waals surface area contributed by atoms with Crippen LogP contribution in [0.4, 0.5) is 0 Å². The van der Waals surface area contributed by atoms with E-state index in [0.29, 0.717) is 35.4 Å². The van der Waals surface area contributed by atoms with Crippen LogP contribution in [-0.4, -0.2) is 61.2 Å². The summed E-state index contributed by atoms with van der Waals surface area (Å²) in [5.74, 6) is 0.586. The molecule has 0 N–H and O–H groups in total. The molecule has 196 valence electrons. The molecule has 12 nitrogen and oxygen atoms in total. The van der Waals surface area contributed by atoms with Crippen molar-refractivity contribution in [3.63, 3.8) is 0 Å². The largest absolute Gasteiger partial charge is 0.469 e. The smallest absolute Gasteiger partial charge is 0.329 e. The summed E-state index contributed by atoms with van der Waals surface area (Å²) in [6.07, 6.45) is 0. The van der Waals surface area contributed by atoms with Crippen LogP contribution < -0.4 is 19.2 Å². The zero-order chi connectivity index (χ0) is 25.8. The van der Waals surface area contributed by atoms with Gasteiger partial charge in [-0.15, -0.1) is 10.2 Å². The molecule has 0 fully saturated rings. The van der Waals surface area contributed by atoms with Crippen molar-refractivity contribution < 1.29 is 27.6 Å². The first-order valence-electron chi connectivity index (χ1n) is 9.22. The van der Waals surface area contributed by atoms with E-state index in [1.165, 1.54) is 60.6 Å². The molecule has 0 aliphatic rings. The van der Waals surface area contributed by atoms with Crippen molar-refractivity contribution in [1.82, 2.24) is 19.6 Å². The summed E-state index contributed by atoms with van der Waals surface area (Å²) in [7, 11) is 5.97. The van der Waals surface area contributed by atoms with Crippen molar-refractivity contribution in [2.24, 2.45) is 0 Å². The van der Waals surface area contributed by atoms with E-state index >= 15 is 0 Å². The van der Waals surface area contributed by atoms with Crippen LogP contribution in [0, 0.1) is 0 Å². The van der Waals surface area contributed by atoms with Gasteiger partial charge in [0.1, 0.15) is 11.8 Å². The molecule has 0 bridgehead atoms. The molecule has 2 heterocycles. The summed E-state index contributed by atoms with van der Waals surface area (Å²) in [5, 5.41) is 8.75. The van der Waals surface area contributed by atoms with Gasteiger partial charge >= 0.3 is 9.75 Å². The molecule has 2 aromatic heterocycles. The molecule has 0 saturated heterocycles. The number of ether oxygens (including phenoxy) is 2. The summed E-state index contributed by atoms with van der Waals surface area (Å²) in [6, 6.07) is 0. The highest BCUT2D eigenvalue weighted by Crippen LogP contribution is 2.60. The van der Waals surface area contributed by atoms with Crippen LogP contribution in [0.15, 0.2) is 9.59 Å². The maximum atomic E-state index is 11.5. The highest BCUT2D eigenvalue weighted by atomic mass is 32.9. The summed E-state index contributed by atoms with van der Waals surface area (Å²) >= 11 is 14.8. The highest BCUT2D eigenvalue weighted by molar-refractivity contribution is 8.67. The summed E-state index contributed by atoms with van der Waals surface area (Å²) in [6.45, 7) is 4.63. The van der Waals surface area contributed by atoms with Gasteiger partial charge in [-0.25, -0.2) is 9.36 Å². The van der Waals surface area contributed by atoms with Gasteiger partial charge in [-0.2, -0.15) is 0 Å². The normalized spacial score (nSPS) is 11.7. The van der Waals surface area contributed by atoms with E-state index in [9.17, 15) is 9.59 Å². The Hall–Kier alpha value is 0.160. The second-order valence-electron chi connectivity index (χ2n) is 5.27. The standard InChI is InChI=1S/2C7H13N2O4PS3/c2*1-4-13-6-8-9(7(10)17-6)5-16-14(15,11-2)12-3/h2*4-5H2,1-3H3. The molecular weight excluding hydrogens is 607 g/mol. The first-order chi connectivity index (χ1) is 16.1. The van der Waals surface area contributed by atoms with Crippen LogP contribution >= 0.6 is 56.8 Å². The lowest BCUT2D eigenvalue weighted by Crippen LogP contribution is -2.12. The van der Waals surface area contributed by atoms with E-state index in [2.05, 4.69) is 10.2 Å². The van der Waals surface area contributed by atoms with Crippen LogP contribution in [-0.2, 0) is 53.5 Å². The van der Waals surface area contributed by atoms with Crippen molar-refractivity contribution in [2.75, 3.05) is 41.7 Å². The topological polar surface area (TPSA) is 125 Å². The summed E-state index contributed by atoms with van der Waals surface area (Å²) < 4.78 is 33.3. The van der Waals surface area contributed by atoms with E-state index in [-0.39, 0.29) is 9.75 Å². The van der Waals surface area contributed by atoms with E-state index in [1.807, 2.05) is 13.8 Å². The molecule has 34 heavy (non-hydrogen) atoms. The zero-order valence-electron chi connectivity index (χ0n) is 19.2. The second-order valence-corrected chi connectivity index (χ2v) is 20.1. The van der Waals surface area contributed by atoms with Gasteiger partial charge in [-0.05, 0) is 82.9 Å². The first kappa shape index (κ1) is 32.2. The summed E-state index contributed by atoms with van der Waals surface area (Å²) in [5.41, 5.74) is -4.72. The fraction of sp³-hybridized carbons (Fsp3) is 0.714. The molecule has 0 aliphatic carbocycles. The Morgan fingerprint density at radius 3 is 1.35 bits per heavy atom. The molecule has 0 spiro atoms. The van der Waals surface area contributed by atoms with Crippen LogP contribution in [0.25, 0.3) is 0 Å². The van der Waals surface area contributed by atoms with Gasteiger partial charge in [-0.3, -0.25) is 9.59 Å². The fourth-order valence-corrected chi connectivity index (χ4v) is 8.42. The Labute approximate surface area is 223 Å². The van der Waals surface area contributed by atoms with Crippen molar-refractivity contribution in [2.45, 2.75) is 25.6 Å². The van der Waals surface area contributed by atoms with E-state index < -0.39 is 11.4 Å². The van der Waals surface area contributed by atoms with E-state index in [0.717, 1.165) is 22.7 Å². The van der Waals surface area contributed by atoms with Crippen LogP contribution in [0.3, 0.4) is 0 Å². The predicted octanol–water partition coefficient (Wildman–Crippen LogP) is 3.82. The van der Waals surface area contributed by atoms with Gasteiger partial charge in [0.15, 0.2) is 0 Å². The number of nitrogens with zero attached hydrogens (tertiary/aromatic N) is 4. The SMILES string of the molecule is CCOc1nn(CSP(=S)(OC)OC)c(=O)s1.CCOc1nn(CSP(=S)(OC)OC)c(=O)s1. The average molecular weight is 633 g/mol. The molecule has 0 unspecified atom stereocenters. The van der Waals surface area contributed by atoms with Gasteiger partial charge < -0.3 is 27.6 Å². The van der Waals surface area contributed by atoms with Gasteiger partial charge in [0, 0.05) is 28.4 Å². The molecule has 0 aromatic carbocycles. The molecule has 20 heteroatoms. The number of hydrogen-bond acceptors (Lipinski definition) is 16. The minimum absolute atomic E-state index is 0.185. The molecule has 0 radical (unpaired) electrons. The maximum Gasteiger partial charge on any atom is 0.329 e.